The fourth-order valence-corrected chi connectivity index (χ4v) is 1.33. The van der Waals surface area contributed by atoms with E-state index >= 15 is 0 Å². The summed E-state index contributed by atoms with van der Waals surface area (Å²) in [5.41, 5.74) is 5.46. The van der Waals surface area contributed by atoms with E-state index in [0.29, 0.717) is 11.4 Å². The third-order valence-electron chi connectivity index (χ3n) is 1.18. The van der Waals surface area contributed by atoms with Gasteiger partial charge in [-0.15, -0.1) is 11.3 Å². The van der Waals surface area contributed by atoms with Crippen LogP contribution in [0.1, 0.15) is 23.1 Å². The van der Waals surface area contributed by atoms with Gasteiger partial charge in [0.15, 0.2) is 10.8 Å². The van der Waals surface area contributed by atoms with E-state index in [2.05, 4.69) is 4.98 Å². The van der Waals surface area contributed by atoms with Crippen molar-refractivity contribution in [2.24, 2.45) is 5.73 Å². The first-order valence-electron chi connectivity index (χ1n) is 3.38. The van der Waals surface area contributed by atoms with Gasteiger partial charge in [0.25, 0.3) is 0 Å². The lowest BCUT2D eigenvalue weighted by Crippen LogP contribution is -2.19. The third kappa shape index (κ3) is 2.40. The number of hydrogen-bond acceptors (Lipinski definition) is 4. The predicted molar refractivity (Wildman–Crippen MR) is 44.7 cm³/mol. The maximum atomic E-state index is 11.2. The third-order valence-corrected chi connectivity index (χ3v) is 1.99. The van der Waals surface area contributed by atoms with E-state index in [-0.39, 0.29) is 11.8 Å². The van der Waals surface area contributed by atoms with Crippen LogP contribution in [0.2, 0.25) is 0 Å². The summed E-state index contributed by atoms with van der Waals surface area (Å²) < 4.78 is 0. The number of hydrogen-bond donors (Lipinski definition) is 1. The Balaban J connectivity index is 2.57. The molecular weight excluding hydrogens is 160 g/mol. The largest absolute Gasteiger partial charge is 0.328 e. The van der Waals surface area contributed by atoms with E-state index in [1.54, 1.807) is 11.6 Å². The number of Topliss-reactive ketones (excluding diaryl/α,β-unsaturated/α-hetero) is 1. The highest BCUT2D eigenvalue weighted by molar-refractivity contribution is 7.11. The molecule has 0 saturated carbocycles. The van der Waals surface area contributed by atoms with Crippen molar-refractivity contribution in [1.82, 2.24) is 4.98 Å². The summed E-state index contributed by atoms with van der Waals surface area (Å²) in [6, 6.07) is -0.0774. The van der Waals surface area contributed by atoms with Gasteiger partial charge in [0, 0.05) is 24.0 Å². The first kappa shape index (κ1) is 8.36. The zero-order valence-electron chi connectivity index (χ0n) is 6.28. The van der Waals surface area contributed by atoms with Crippen molar-refractivity contribution in [2.45, 2.75) is 19.4 Å². The second-order valence-electron chi connectivity index (χ2n) is 2.44. The normalized spacial score (nSPS) is 12.9. The monoisotopic (exact) mass is 170 g/mol. The van der Waals surface area contributed by atoms with Crippen molar-refractivity contribution in [3.8, 4) is 0 Å². The Labute approximate surface area is 69.3 Å². The molecule has 0 aliphatic carbocycles. The van der Waals surface area contributed by atoms with Crippen LogP contribution < -0.4 is 5.73 Å². The molecule has 1 aromatic rings. The van der Waals surface area contributed by atoms with E-state index in [4.69, 9.17) is 5.73 Å². The fraction of sp³-hybridized carbons (Fsp3) is 0.429. The lowest BCUT2D eigenvalue weighted by molar-refractivity contribution is 0.0976. The first-order chi connectivity index (χ1) is 5.20. The fourth-order valence-electron chi connectivity index (χ4n) is 0.741. The Kier molecular flexibility index (Phi) is 2.73. The summed E-state index contributed by atoms with van der Waals surface area (Å²) in [5, 5.41) is 2.34. The molecule has 3 nitrogen and oxygen atoms in total. The highest BCUT2D eigenvalue weighted by atomic mass is 32.1. The van der Waals surface area contributed by atoms with Crippen LogP contribution >= 0.6 is 11.3 Å². The summed E-state index contributed by atoms with van der Waals surface area (Å²) in [6.45, 7) is 1.81. The van der Waals surface area contributed by atoms with Crippen molar-refractivity contribution >= 4 is 17.1 Å². The molecule has 11 heavy (non-hydrogen) atoms. The molecule has 0 bridgehead atoms. The van der Waals surface area contributed by atoms with Gasteiger partial charge in [0.1, 0.15) is 0 Å². The van der Waals surface area contributed by atoms with Gasteiger partial charge < -0.3 is 5.73 Å². The molecule has 4 heteroatoms. The van der Waals surface area contributed by atoms with Crippen LogP contribution in [-0.2, 0) is 0 Å². The molecule has 0 aliphatic heterocycles. The molecule has 60 valence electrons. The number of nitrogens with zero attached hydrogens (tertiary/aromatic N) is 1. The number of carbonyl (C=O) groups is 1. The van der Waals surface area contributed by atoms with Crippen molar-refractivity contribution in [1.29, 1.82) is 0 Å². The molecule has 1 heterocycles. The Hall–Kier alpha value is -0.740. The number of ketones is 1. The molecule has 0 spiro atoms. The summed E-state index contributed by atoms with van der Waals surface area (Å²) in [7, 11) is 0. The van der Waals surface area contributed by atoms with Crippen molar-refractivity contribution < 1.29 is 4.79 Å². The van der Waals surface area contributed by atoms with E-state index in [0.717, 1.165) is 0 Å². The van der Waals surface area contributed by atoms with Crippen molar-refractivity contribution in [2.75, 3.05) is 0 Å². The highest BCUT2D eigenvalue weighted by Gasteiger charge is 2.09. The maximum absolute atomic E-state index is 11.2. The van der Waals surface area contributed by atoms with Gasteiger partial charge in [-0.1, -0.05) is 0 Å². The molecule has 0 aromatic carbocycles. The minimum absolute atomic E-state index is 0.0370. The van der Waals surface area contributed by atoms with Crippen LogP contribution in [-0.4, -0.2) is 16.8 Å². The van der Waals surface area contributed by atoms with Crippen LogP contribution in [0.3, 0.4) is 0 Å². The van der Waals surface area contributed by atoms with Crippen molar-refractivity contribution in [3.05, 3.63) is 16.6 Å². The first-order valence-corrected chi connectivity index (χ1v) is 4.26. The molecule has 0 saturated heterocycles. The zero-order chi connectivity index (χ0) is 8.27. The lowest BCUT2D eigenvalue weighted by atomic mass is 10.2. The van der Waals surface area contributed by atoms with Crippen LogP contribution in [0.4, 0.5) is 0 Å². The smallest absolute Gasteiger partial charge is 0.192 e. The standard InChI is InChI=1S/C7H10N2OS/c1-5(8)4-6(10)7-9-2-3-11-7/h2-3,5H,4,8H2,1H3. The molecule has 0 radical (unpaired) electrons. The van der Waals surface area contributed by atoms with Crippen LogP contribution in [0.25, 0.3) is 0 Å². The van der Waals surface area contributed by atoms with E-state index in [1.165, 1.54) is 11.3 Å². The second-order valence-corrected chi connectivity index (χ2v) is 3.34. The molecule has 0 amide bonds. The molecule has 1 unspecified atom stereocenters. The lowest BCUT2D eigenvalue weighted by Gasteiger charge is -1.99. The molecular formula is C7H10N2OS. The zero-order valence-corrected chi connectivity index (χ0v) is 7.10. The summed E-state index contributed by atoms with van der Waals surface area (Å²) in [5.74, 6) is 0.0370. The average Bonchev–Trinajstić information content (AvgIpc) is 2.35. The summed E-state index contributed by atoms with van der Waals surface area (Å²) >= 11 is 1.36. The topological polar surface area (TPSA) is 56.0 Å². The van der Waals surface area contributed by atoms with Gasteiger partial charge in [-0.3, -0.25) is 4.79 Å². The van der Waals surface area contributed by atoms with Gasteiger partial charge in [-0.25, -0.2) is 4.98 Å². The maximum Gasteiger partial charge on any atom is 0.192 e. The highest BCUT2D eigenvalue weighted by Crippen LogP contribution is 2.07. The van der Waals surface area contributed by atoms with Crippen LogP contribution in [0, 0.1) is 0 Å². The van der Waals surface area contributed by atoms with Crippen LogP contribution in [0.15, 0.2) is 11.6 Å². The number of thiazole rings is 1. The predicted octanol–water partition coefficient (Wildman–Crippen LogP) is 1.06. The van der Waals surface area contributed by atoms with Crippen LogP contribution in [0.5, 0.6) is 0 Å². The van der Waals surface area contributed by atoms with E-state index < -0.39 is 0 Å². The van der Waals surface area contributed by atoms with E-state index in [9.17, 15) is 4.79 Å². The summed E-state index contributed by atoms with van der Waals surface area (Å²) in [6.07, 6.45) is 2.01. The number of aromatic nitrogens is 1. The minimum Gasteiger partial charge on any atom is -0.328 e. The average molecular weight is 170 g/mol. The van der Waals surface area contributed by atoms with Gasteiger partial charge in [0.05, 0.1) is 0 Å². The minimum atomic E-state index is -0.0774. The Morgan fingerprint density at radius 1 is 1.91 bits per heavy atom. The Bertz CT molecular complexity index is 231. The number of rotatable bonds is 3. The van der Waals surface area contributed by atoms with Gasteiger partial charge in [0.2, 0.25) is 0 Å². The van der Waals surface area contributed by atoms with E-state index in [1.807, 2.05) is 6.92 Å². The van der Waals surface area contributed by atoms with Crippen molar-refractivity contribution in [3.63, 3.8) is 0 Å². The Morgan fingerprint density at radius 3 is 3.09 bits per heavy atom. The van der Waals surface area contributed by atoms with Gasteiger partial charge in [-0.05, 0) is 6.92 Å². The quantitative estimate of drug-likeness (QED) is 0.690. The molecule has 1 atom stereocenters. The summed E-state index contributed by atoms with van der Waals surface area (Å²) in [4.78, 5) is 15.1. The van der Waals surface area contributed by atoms with Gasteiger partial charge in [-0.2, -0.15) is 0 Å². The number of carbonyl (C=O) groups excluding carboxylic acids is 1. The molecule has 1 rings (SSSR count). The number of nitrogens with two attached hydrogens (primary N) is 1. The molecule has 0 aliphatic rings. The SMILES string of the molecule is CC(N)CC(=O)c1nccs1. The Morgan fingerprint density at radius 2 is 2.64 bits per heavy atom. The molecule has 2 N–H and O–H groups in total. The molecule has 0 fully saturated rings. The second kappa shape index (κ2) is 3.59. The molecule has 1 aromatic heterocycles. The van der Waals surface area contributed by atoms with Gasteiger partial charge >= 0.3 is 0 Å².